The topological polar surface area (TPSA) is 54.9 Å². The average Bonchev–Trinajstić information content (AvgIpc) is 2.99. The minimum atomic E-state index is 0.00154. The molecule has 3 aromatic carbocycles. The van der Waals surface area contributed by atoms with Crippen molar-refractivity contribution >= 4 is 35.2 Å². The van der Waals surface area contributed by atoms with E-state index in [0.717, 1.165) is 36.3 Å². The van der Waals surface area contributed by atoms with Gasteiger partial charge in [-0.2, -0.15) is 0 Å². The summed E-state index contributed by atoms with van der Waals surface area (Å²) in [6, 6.07) is 23.4. The van der Waals surface area contributed by atoms with Gasteiger partial charge in [-0.1, -0.05) is 65.2 Å². The minimum Gasteiger partial charge on any atom is -0.487 e. The van der Waals surface area contributed by atoms with Crippen LogP contribution >= 0.6 is 23.2 Å². The SMILES string of the molecule is Cc1ccc(CN2CCN(C(=O)/C=C/c3cc(C)c(Oc4ccc(OCc5ccc(Cl)cc5)cn4)c(Cl)c3)CC2)cc1. The fourth-order valence-corrected chi connectivity index (χ4v) is 5.14. The second-order valence-corrected chi connectivity index (χ2v) is 11.3. The molecule has 0 aliphatic carbocycles. The van der Waals surface area contributed by atoms with Gasteiger partial charge >= 0.3 is 0 Å². The number of nitrogens with zero attached hydrogens (tertiary/aromatic N) is 3. The number of ether oxygens (including phenoxy) is 2. The van der Waals surface area contributed by atoms with Crippen molar-refractivity contribution in [3.8, 4) is 17.4 Å². The Bertz CT molecular complexity index is 1510. The smallest absolute Gasteiger partial charge is 0.246 e. The van der Waals surface area contributed by atoms with Gasteiger partial charge in [-0.25, -0.2) is 4.98 Å². The van der Waals surface area contributed by atoms with Crippen molar-refractivity contribution in [3.63, 3.8) is 0 Å². The van der Waals surface area contributed by atoms with Crippen molar-refractivity contribution in [1.82, 2.24) is 14.8 Å². The molecule has 2 heterocycles. The Labute approximate surface area is 257 Å². The highest BCUT2D eigenvalue weighted by Gasteiger charge is 2.20. The summed E-state index contributed by atoms with van der Waals surface area (Å²) >= 11 is 12.5. The van der Waals surface area contributed by atoms with Gasteiger partial charge in [0.1, 0.15) is 12.4 Å². The molecule has 0 radical (unpaired) electrons. The maximum atomic E-state index is 12.9. The summed E-state index contributed by atoms with van der Waals surface area (Å²) in [6.07, 6.45) is 5.03. The summed E-state index contributed by atoms with van der Waals surface area (Å²) in [7, 11) is 0. The number of pyridine rings is 1. The molecule has 1 fully saturated rings. The molecular weight excluding hydrogens is 569 g/mol. The zero-order chi connectivity index (χ0) is 29.5. The second kappa shape index (κ2) is 13.9. The molecule has 0 N–H and O–H groups in total. The van der Waals surface area contributed by atoms with Gasteiger partial charge in [-0.3, -0.25) is 9.69 Å². The molecule has 42 heavy (non-hydrogen) atoms. The predicted octanol–water partition coefficient (Wildman–Crippen LogP) is 7.73. The van der Waals surface area contributed by atoms with Crippen molar-refractivity contribution in [2.75, 3.05) is 26.2 Å². The fraction of sp³-hybridized carbons (Fsp3) is 0.235. The first-order valence-corrected chi connectivity index (χ1v) is 14.6. The van der Waals surface area contributed by atoms with Crippen LogP contribution in [-0.2, 0) is 17.9 Å². The molecular formula is C34H33Cl2N3O3. The number of carbonyl (C=O) groups excluding carboxylic acids is 1. The molecule has 1 aliphatic rings. The van der Waals surface area contributed by atoms with Gasteiger partial charge in [-0.15, -0.1) is 0 Å². The van der Waals surface area contributed by atoms with Crippen molar-refractivity contribution in [3.05, 3.63) is 123 Å². The summed E-state index contributed by atoms with van der Waals surface area (Å²) in [5.41, 5.74) is 5.24. The van der Waals surface area contributed by atoms with Crippen LogP contribution in [0, 0.1) is 13.8 Å². The Morgan fingerprint density at radius 2 is 1.62 bits per heavy atom. The quantitative estimate of drug-likeness (QED) is 0.184. The Morgan fingerprint density at radius 1 is 0.905 bits per heavy atom. The molecule has 8 heteroatoms. The van der Waals surface area contributed by atoms with Gasteiger partial charge < -0.3 is 14.4 Å². The molecule has 1 amide bonds. The maximum absolute atomic E-state index is 12.9. The second-order valence-electron chi connectivity index (χ2n) is 10.4. The van der Waals surface area contributed by atoms with Gasteiger partial charge in [0.25, 0.3) is 0 Å². The van der Waals surface area contributed by atoms with Crippen LogP contribution in [0.4, 0.5) is 0 Å². The highest BCUT2D eigenvalue weighted by molar-refractivity contribution is 6.32. The van der Waals surface area contributed by atoms with Gasteiger partial charge in [0, 0.05) is 49.9 Å². The largest absolute Gasteiger partial charge is 0.487 e. The number of hydrogen-bond acceptors (Lipinski definition) is 5. The monoisotopic (exact) mass is 601 g/mol. The van der Waals surface area contributed by atoms with Crippen LogP contribution in [0.25, 0.3) is 6.08 Å². The highest BCUT2D eigenvalue weighted by atomic mass is 35.5. The standard InChI is InChI=1S/C34H33Cl2N3O3/c1-24-3-5-26(6-4-24)22-38-15-17-39(18-16-38)33(40)14-9-28-19-25(2)34(31(36)20-28)42-32-13-12-30(21-37-32)41-23-27-7-10-29(35)11-8-27/h3-14,19-21H,15-18,22-23H2,1-2H3/b14-9+. The Morgan fingerprint density at radius 3 is 2.29 bits per heavy atom. The van der Waals surface area contributed by atoms with Crippen LogP contribution < -0.4 is 9.47 Å². The molecule has 1 saturated heterocycles. The van der Waals surface area contributed by atoms with Crippen LogP contribution in [-0.4, -0.2) is 46.9 Å². The van der Waals surface area contributed by atoms with E-state index in [0.29, 0.717) is 47.1 Å². The Kier molecular flexibility index (Phi) is 9.80. The summed E-state index contributed by atoms with van der Waals surface area (Å²) in [5.74, 6) is 1.55. The van der Waals surface area contributed by atoms with Crippen LogP contribution in [0.5, 0.6) is 17.4 Å². The third-order valence-electron chi connectivity index (χ3n) is 7.12. The normalized spacial score (nSPS) is 13.9. The number of hydrogen-bond donors (Lipinski definition) is 0. The van der Waals surface area contributed by atoms with Crippen molar-refractivity contribution in [2.45, 2.75) is 27.0 Å². The van der Waals surface area contributed by atoms with Crippen LogP contribution in [0.3, 0.4) is 0 Å². The van der Waals surface area contributed by atoms with Gasteiger partial charge in [0.05, 0.1) is 11.2 Å². The van der Waals surface area contributed by atoms with Crippen LogP contribution in [0.2, 0.25) is 10.0 Å². The third kappa shape index (κ3) is 8.13. The molecule has 5 rings (SSSR count). The lowest BCUT2D eigenvalue weighted by Crippen LogP contribution is -2.47. The molecule has 0 saturated carbocycles. The zero-order valence-electron chi connectivity index (χ0n) is 23.7. The van der Waals surface area contributed by atoms with E-state index in [1.165, 1.54) is 11.1 Å². The van der Waals surface area contributed by atoms with Gasteiger partial charge in [-0.05, 0) is 72.5 Å². The summed E-state index contributed by atoms with van der Waals surface area (Å²) in [5, 5.41) is 1.13. The number of rotatable bonds is 9. The number of amides is 1. The first-order chi connectivity index (χ1) is 20.3. The van der Waals surface area contributed by atoms with E-state index in [1.54, 1.807) is 36.5 Å². The first kappa shape index (κ1) is 29.6. The Hall–Kier alpha value is -3.84. The van der Waals surface area contributed by atoms with E-state index in [1.807, 2.05) is 42.2 Å². The lowest BCUT2D eigenvalue weighted by Gasteiger charge is -2.34. The van der Waals surface area contributed by atoms with E-state index in [9.17, 15) is 4.79 Å². The van der Waals surface area contributed by atoms with E-state index < -0.39 is 0 Å². The number of halogens is 2. The summed E-state index contributed by atoms with van der Waals surface area (Å²) < 4.78 is 11.8. The Balaban J connectivity index is 1.12. The van der Waals surface area contributed by atoms with Crippen molar-refractivity contribution in [1.29, 1.82) is 0 Å². The minimum absolute atomic E-state index is 0.00154. The molecule has 1 aliphatic heterocycles. The predicted molar refractivity (Wildman–Crippen MR) is 168 cm³/mol. The van der Waals surface area contributed by atoms with Crippen LogP contribution in [0.15, 0.2) is 85.1 Å². The van der Waals surface area contributed by atoms with E-state index >= 15 is 0 Å². The first-order valence-electron chi connectivity index (χ1n) is 13.9. The van der Waals surface area contributed by atoms with Crippen molar-refractivity contribution < 1.29 is 14.3 Å². The maximum Gasteiger partial charge on any atom is 0.246 e. The van der Waals surface area contributed by atoms with Gasteiger partial charge in [0.15, 0.2) is 5.75 Å². The highest BCUT2D eigenvalue weighted by Crippen LogP contribution is 2.34. The lowest BCUT2D eigenvalue weighted by atomic mass is 10.1. The molecule has 0 bridgehead atoms. The molecule has 0 atom stereocenters. The number of carbonyl (C=O) groups is 1. The summed E-state index contributed by atoms with van der Waals surface area (Å²) in [4.78, 5) is 21.5. The number of aromatic nitrogens is 1. The summed E-state index contributed by atoms with van der Waals surface area (Å²) in [6.45, 7) is 8.45. The molecule has 0 unspecified atom stereocenters. The third-order valence-corrected chi connectivity index (χ3v) is 7.65. The van der Waals surface area contributed by atoms with E-state index in [-0.39, 0.29) is 5.91 Å². The van der Waals surface area contributed by atoms with Crippen molar-refractivity contribution in [2.24, 2.45) is 0 Å². The zero-order valence-corrected chi connectivity index (χ0v) is 25.2. The molecule has 216 valence electrons. The molecule has 1 aromatic heterocycles. The number of piperazine rings is 1. The number of benzene rings is 3. The number of aryl methyl sites for hydroxylation is 2. The fourth-order valence-electron chi connectivity index (χ4n) is 4.70. The lowest BCUT2D eigenvalue weighted by molar-refractivity contribution is -0.127. The van der Waals surface area contributed by atoms with Gasteiger partial charge in [0.2, 0.25) is 11.8 Å². The molecule has 4 aromatic rings. The molecule has 6 nitrogen and oxygen atoms in total. The van der Waals surface area contributed by atoms with E-state index in [2.05, 4.69) is 41.1 Å². The molecule has 0 spiro atoms. The average molecular weight is 603 g/mol. The van der Waals surface area contributed by atoms with E-state index in [4.69, 9.17) is 32.7 Å². The van der Waals surface area contributed by atoms with Crippen LogP contribution in [0.1, 0.15) is 27.8 Å².